The van der Waals surface area contributed by atoms with Crippen molar-refractivity contribution in [3.05, 3.63) is 59.9 Å². The van der Waals surface area contributed by atoms with Gasteiger partial charge in [-0.1, -0.05) is 24.3 Å². The summed E-state index contributed by atoms with van der Waals surface area (Å²) in [6, 6.07) is 13.1. The van der Waals surface area contributed by atoms with Gasteiger partial charge in [0, 0.05) is 5.69 Å². The van der Waals surface area contributed by atoms with Gasteiger partial charge in [-0.3, -0.25) is 0 Å². The van der Waals surface area contributed by atoms with Gasteiger partial charge in [-0.25, -0.2) is 9.18 Å². The Morgan fingerprint density at radius 2 is 2.05 bits per heavy atom. The quantitative estimate of drug-likeness (QED) is 0.891. The molecule has 0 saturated carbocycles. The van der Waals surface area contributed by atoms with Crippen molar-refractivity contribution in [1.82, 2.24) is 5.32 Å². The molecular weight excluding hydrogens is 271 g/mol. The van der Waals surface area contributed by atoms with Gasteiger partial charge < -0.3 is 15.4 Å². The largest absolute Gasteiger partial charge is 0.491 e. The number of hydrogen-bond acceptors (Lipinski definition) is 2. The van der Waals surface area contributed by atoms with E-state index in [4.69, 9.17) is 4.74 Å². The van der Waals surface area contributed by atoms with Crippen LogP contribution in [0.1, 0.15) is 5.56 Å². The minimum atomic E-state index is -0.386. The second kappa shape index (κ2) is 5.83. The third-order valence-electron chi connectivity index (χ3n) is 3.30. The second-order valence-corrected chi connectivity index (χ2v) is 4.93. The Labute approximate surface area is 121 Å². The summed E-state index contributed by atoms with van der Waals surface area (Å²) in [7, 11) is 0. The fourth-order valence-corrected chi connectivity index (χ4v) is 2.34. The van der Waals surface area contributed by atoms with Crippen LogP contribution in [0.4, 0.5) is 14.9 Å². The molecule has 0 aromatic heterocycles. The third kappa shape index (κ3) is 3.31. The highest BCUT2D eigenvalue weighted by molar-refractivity contribution is 5.89. The van der Waals surface area contributed by atoms with Crippen LogP contribution in [-0.4, -0.2) is 18.7 Å². The Balaban J connectivity index is 1.59. The van der Waals surface area contributed by atoms with Crippen LogP contribution in [-0.2, 0) is 6.42 Å². The minimum Gasteiger partial charge on any atom is -0.491 e. The number of hydrogen-bond donors (Lipinski definition) is 2. The average Bonchev–Trinajstić information content (AvgIpc) is 2.47. The van der Waals surface area contributed by atoms with Crippen LogP contribution < -0.4 is 15.4 Å². The molecule has 5 heteroatoms. The number of benzene rings is 2. The standard InChI is InChI=1S/C16H15FN2O2/c17-12-5-3-6-13(9-12)18-16(20)19-14-8-11-4-1-2-7-15(11)21-10-14/h1-7,9,14H,8,10H2,(H2,18,19,20). The maximum atomic E-state index is 13.0. The molecule has 2 aromatic rings. The van der Waals surface area contributed by atoms with Crippen molar-refractivity contribution >= 4 is 11.7 Å². The normalized spacial score (nSPS) is 16.5. The summed E-state index contributed by atoms with van der Waals surface area (Å²) < 4.78 is 18.7. The number of rotatable bonds is 2. The zero-order valence-electron chi connectivity index (χ0n) is 11.3. The first-order valence-corrected chi connectivity index (χ1v) is 6.74. The summed E-state index contributed by atoms with van der Waals surface area (Å²) in [6.07, 6.45) is 0.715. The molecular formula is C16H15FN2O2. The van der Waals surface area contributed by atoms with Crippen molar-refractivity contribution in [3.8, 4) is 5.75 Å². The number of carbonyl (C=O) groups is 1. The van der Waals surface area contributed by atoms with E-state index >= 15 is 0 Å². The lowest BCUT2D eigenvalue weighted by atomic mass is 10.0. The smallest absolute Gasteiger partial charge is 0.319 e. The Morgan fingerprint density at radius 3 is 2.90 bits per heavy atom. The molecule has 0 aliphatic carbocycles. The Morgan fingerprint density at radius 1 is 1.19 bits per heavy atom. The van der Waals surface area contributed by atoms with Gasteiger partial charge in [-0.05, 0) is 36.2 Å². The number of ether oxygens (including phenoxy) is 1. The van der Waals surface area contributed by atoms with Gasteiger partial charge in [-0.2, -0.15) is 0 Å². The minimum absolute atomic E-state index is 0.103. The Bertz CT molecular complexity index is 660. The molecule has 1 atom stereocenters. The predicted octanol–water partition coefficient (Wildman–Crippen LogP) is 2.95. The molecule has 2 amide bonds. The molecule has 0 spiro atoms. The van der Waals surface area contributed by atoms with E-state index in [1.54, 1.807) is 12.1 Å². The van der Waals surface area contributed by atoms with Crippen molar-refractivity contribution in [3.63, 3.8) is 0 Å². The van der Waals surface area contributed by atoms with Crippen molar-refractivity contribution < 1.29 is 13.9 Å². The first-order chi connectivity index (χ1) is 10.2. The first-order valence-electron chi connectivity index (χ1n) is 6.74. The van der Waals surface area contributed by atoms with E-state index in [1.165, 1.54) is 12.1 Å². The summed E-state index contributed by atoms with van der Waals surface area (Å²) in [5, 5.41) is 5.44. The number of fused-ring (bicyclic) bond motifs is 1. The van der Waals surface area contributed by atoms with Gasteiger partial charge in [0.05, 0.1) is 6.04 Å². The molecule has 2 N–H and O–H groups in total. The fourth-order valence-electron chi connectivity index (χ4n) is 2.34. The number of para-hydroxylation sites is 1. The summed E-state index contributed by atoms with van der Waals surface area (Å²) in [4.78, 5) is 11.9. The van der Waals surface area contributed by atoms with Gasteiger partial charge in [0.2, 0.25) is 0 Å². The van der Waals surface area contributed by atoms with E-state index in [1.807, 2.05) is 24.3 Å². The molecule has 4 nitrogen and oxygen atoms in total. The highest BCUT2D eigenvalue weighted by Gasteiger charge is 2.20. The molecule has 0 bridgehead atoms. The monoisotopic (exact) mass is 286 g/mol. The number of urea groups is 1. The van der Waals surface area contributed by atoms with Crippen LogP contribution in [0.25, 0.3) is 0 Å². The molecule has 1 aliphatic rings. The summed E-state index contributed by atoms with van der Waals surface area (Å²) in [5.41, 5.74) is 1.49. The van der Waals surface area contributed by atoms with Crippen molar-refractivity contribution in [2.75, 3.05) is 11.9 Å². The van der Waals surface area contributed by atoms with Crippen LogP contribution in [0.2, 0.25) is 0 Å². The molecule has 0 fully saturated rings. The SMILES string of the molecule is O=C(Nc1cccc(F)c1)NC1COc2ccccc2C1. The average molecular weight is 286 g/mol. The van der Waals surface area contributed by atoms with E-state index in [-0.39, 0.29) is 17.9 Å². The molecule has 0 saturated heterocycles. The van der Waals surface area contributed by atoms with Crippen molar-refractivity contribution in [2.45, 2.75) is 12.5 Å². The Kier molecular flexibility index (Phi) is 3.73. The summed E-state index contributed by atoms with van der Waals surface area (Å²) in [6.45, 7) is 0.424. The lowest BCUT2D eigenvalue weighted by Gasteiger charge is -2.26. The maximum absolute atomic E-state index is 13.0. The van der Waals surface area contributed by atoms with Gasteiger partial charge >= 0.3 is 6.03 Å². The maximum Gasteiger partial charge on any atom is 0.319 e. The van der Waals surface area contributed by atoms with E-state index in [2.05, 4.69) is 10.6 Å². The lowest BCUT2D eigenvalue weighted by Crippen LogP contribution is -2.44. The van der Waals surface area contributed by atoms with Crippen LogP contribution in [0, 0.1) is 5.82 Å². The van der Waals surface area contributed by atoms with Crippen LogP contribution in [0.5, 0.6) is 5.75 Å². The molecule has 0 radical (unpaired) electrons. The second-order valence-electron chi connectivity index (χ2n) is 4.93. The molecule has 2 aromatic carbocycles. The first kappa shape index (κ1) is 13.4. The lowest BCUT2D eigenvalue weighted by molar-refractivity contribution is 0.222. The summed E-state index contributed by atoms with van der Waals surface area (Å²) >= 11 is 0. The van der Waals surface area contributed by atoms with Crippen LogP contribution >= 0.6 is 0 Å². The van der Waals surface area contributed by atoms with E-state index in [0.29, 0.717) is 18.7 Å². The number of nitrogens with one attached hydrogen (secondary N) is 2. The van der Waals surface area contributed by atoms with E-state index in [0.717, 1.165) is 11.3 Å². The number of halogens is 1. The highest BCUT2D eigenvalue weighted by atomic mass is 19.1. The number of carbonyl (C=O) groups excluding carboxylic acids is 1. The highest BCUT2D eigenvalue weighted by Crippen LogP contribution is 2.23. The molecule has 1 heterocycles. The number of anilines is 1. The number of amides is 2. The summed E-state index contributed by atoms with van der Waals surface area (Å²) in [5.74, 6) is 0.476. The van der Waals surface area contributed by atoms with Gasteiger partial charge in [0.25, 0.3) is 0 Å². The van der Waals surface area contributed by atoms with Crippen molar-refractivity contribution in [1.29, 1.82) is 0 Å². The Hall–Kier alpha value is -2.56. The van der Waals surface area contributed by atoms with Gasteiger partial charge in [0.15, 0.2) is 0 Å². The van der Waals surface area contributed by atoms with Gasteiger partial charge in [-0.15, -0.1) is 0 Å². The topological polar surface area (TPSA) is 50.4 Å². The van der Waals surface area contributed by atoms with E-state index in [9.17, 15) is 9.18 Å². The molecule has 108 valence electrons. The molecule has 21 heavy (non-hydrogen) atoms. The molecule has 1 aliphatic heterocycles. The fraction of sp³-hybridized carbons (Fsp3) is 0.188. The van der Waals surface area contributed by atoms with Crippen LogP contribution in [0.15, 0.2) is 48.5 Å². The molecule has 3 rings (SSSR count). The predicted molar refractivity (Wildman–Crippen MR) is 78.0 cm³/mol. The van der Waals surface area contributed by atoms with Crippen molar-refractivity contribution in [2.24, 2.45) is 0 Å². The molecule has 1 unspecified atom stereocenters. The zero-order valence-corrected chi connectivity index (χ0v) is 11.3. The third-order valence-corrected chi connectivity index (χ3v) is 3.30. The van der Waals surface area contributed by atoms with Crippen LogP contribution in [0.3, 0.4) is 0 Å². The van der Waals surface area contributed by atoms with E-state index < -0.39 is 0 Å². The zero-order chi connectivity index (χ0) is 14.7. The van der Waals surface area contributed by atoms with Gasteiger partial charge in [0.1, 0.15) is 18.2 Å².